The van der Waals surface area contributed by atoms with E-state index in [-0.39, 0.29) is 11.4 Å². The number of hydrogen-bond donors (Lipinski definition) is 0. The van der Waals surface area contributed by atoms with Gasteiger partial charge in [0.05, 0.1) is 0 Å². The quantitative estimate of drug-likeness (QED) is 0.749. The van der Waals surface area contributed by atoms with Gasteiger partial charge >= 0.3 is 0 Å². The standard InChI is InChI=1S/C23H27NO/c1-2-24(23-13-16-9-17(14-23)11-18(10-16)15-23)22(25)21-8-7-19-5-3-4-6-20(19)12-21/h3-8,12,16-18H,2,9-11,13-15H2,1H3. The fraction of sp³-hybridized carbons (Fsp3) is 0.522. The summed E-state index contributed by atoms with van der Waals surface area (Å²) in [5.74, 6) is 2.84. The second-order valence-electron chi connectivity index (χ2n) is 8.75. The lowest BCUT2D eigenvalue weighted by atomic mass is 9.52. The Kier molecular flexibility index (Phi) is 3.45. The first-order valence-electron chi connectivity index (χ1n) is 9.97. The molecule has 6 rings (SSSR count). The van der Waals surface area contributed by atoms with Crippen LogP contribution in [0.15, 0.2) is 42.5 Å². The maximum atomic E-state index is 13.5. The number of hydrogen-bond acceptors (Lipinski definition) is 1. The third-order valence-corrected chi connectivity index (χ3v) is 7.14. The highest BCUT2D eigenvalue weighted by atomic mass is 16.2. The van der Waals surface area contributed by atoms with E-state index >= 15 is 0 Å². The molecular formula is C23H27NO. The van der Waals surface area contributed by atoms with Gasteiger partial charge in [-0.1, -0.05) is 30.3 Å². The summed E-state index contributed by atoms with van der Waals surface area (Å²) in [7, 11) is 0. The highest BCUT2D eigenvalue weighted by Crippen LogP contribution is 2.57. The third-order valence-electron chi connectivity index (χ3n) is 7.14. The lowest BCUT2D eigenvalue weighted by molar-refractivity contribution is -0.0731. The zero-order valence-electron chi connectivity index (χ0n) is 15.1. The van der Waals surface area contributed by atoms with Crippen molar-refractivity contribution in [3.63, 3.8) is 0 Å². The van der Waals surface area contributed by atoms with Gasteiger partial charge < -0.3 is 4.90 Å². The predicted molar refractivity (Wildman–Crippen MR) is 102 cm³/mol. The Hall–Kier alpha value is -1.83. The van der Waals surface area contributed by atoms with Crippen LogP contribution in [0.5, 0.6) is 0 Å². The summed E-state index contributed by atoms with van der Waals surface area (Å²) in [5, 5.41) is 2.37. The van der Waals surface area contributed by atoms with Crippen LogP contribution in [-0.4, -0.2) is 22.9 Å². The van der Waals surface area contributed by atoms with Gasteiger partial charge in [0.25, 0.3) is 5.91 Å². The van der Waals surface area contributed by atoms with Crippen molar-refractivity contribution < 1.29 is 4.79 Å². The summed E-state index contributed by atoms with van der Waals surface area (Å²) in [4.78, 5) is 15.7. The number of carbonyl (C=O) groups excluding carboxylic acids is 1. The molecule has 4 aliphatic rings. The van der Waals surface area contributed by atoms with Gasteiger partial charge in [0.15, 0.2) is 0 Å². The molecule has 0 heterocycles. The number of fused-ring (bicyclic) bond motifs is 1. The van der Waals surface area contributed by atoms with Crippen LogP contribution in [0.25, 0.3) is 10.8 Å². The van der Waals surface area contributed by atoms with Gasteiger partial charge in [0.2, 0.25) is 0 Å². The van der Waals surface area contributed by atoms with E-state index in [9.17, 15) is 4.79 Å². The summed E-state index contributed by atoms with van der Waals surface area (Å²) in [6.07, 6.45) is 7.98. The minimum atomic E-state index is 0.145. The topological polar surface area (TPSA) is 20.3 Å². The van der Waals surface area contributed by atoms with Crippen LogP contribution in [-0.2, 0) is 0 Å². The van der Waals surface area contributed by atoms with Gasteiger partial charge in [0, 0.05) is 17.6 Å². The second-order valence-corrected chi connectivity index (χ2v) is 8.75. The zero-order chi connectivity index (χ0) is 17.0. The largest absolute Gasteiger partial charge is 0.333 e. The highest BCUT2D eigenvalue weighted by Gasteiger charge is 2.54. The van der Waals surface area contributed by atoms with E-state index in [4.69, 9.17) is 0 Å². The fourth-order valence-electron chi connectivity index (χ4n) is 6.57. The molecule has 0 spiro atoms. The molecule has 0 aliphatic heterocycles. The molecule has 2 aromatic carbocycles. The Bertz CT molecular complexity index is 788. The molecular weight excluding hydrogens is 306 g/mol. The Morgan fingerprint density at radius 1 is 0.960 bits per heavy atom. The van der Waals surface area contributed by atoms with Crippen molar-refractivity contribution in [1.82, 2.24) is 4.90 Å². The Labute approximate surface area is 150 Å². The van der Waals surface area contributed by atoms with Crippen LogP contribution < -0.4 is 0 Å². The van der Waals surface area contributed by atoms with E-state index in [1.54, 1.807) is 0 Å². The minimum Gasteiger partial charge on any atom is -0.333 e. The van der Waals surface area contributed by atoms with E-state index in [0.29, 0.717) is 0 Å². The van der Waals surface area contributed by atoms with Crippen LogP contribution in [0.1, 0.15) is 55.8 Å². The molecule has 4 aliphatic carbocycles. The molecule has 4 fully saturated rings. The smallest absolute Gasteiger partial charge is 0.254 e. The first-order valence-corrected chi connectivity index (χ1v) is 9.97. The van der Waals surface area contributed by atoms with Crippen molar-refractivity contribution >= 4 is 16.7 Å². The average molecular weight is 333 g/mol. The molecule has 0 unspecified atom stereocenters. The van der Waals surface area contributed by atoms with E-state index < -0.39 is 0 Å². The summed E-state index contributed by atoms with van der Waals surface area (Å²) >= 11 is 0. The van der Waals surface area contributed by atoms with E-state index in [1.807, 2.05) is 12.1 Å². The second kappa shape index (κ2) is 5.59. The van der Waals surface area contributed by atoms with Crippen LogP contribution in [0, 0.1) is 17.8 Å². The first-order chi connectivity index (χ1) is 12.2. The van der Waals surface area contributed by atoms with Crippen LogP contribution in [0.3, 0.4) is 0 Å². The van der Waals surface area contributed by atoms with Gasteiger partial charge in [-0.25, -0.2) is 0 Å². The minimum absolute atomic E-state index is 0.145. The molecule has 130 valence electrons. The third kappa shape index (κ3) is 2.41. The Morgan fingerprint density at radius 2 is 1.56 bits per heavy atom. The van der Waals surface area contributed by atoms with E-state index in [0.717, 1.165) is 35.2 Å². The van der Waals surface area contributed by atoms with Crippen LogP contribution in [0.2, 0.25) is 0 Å². The fourth-order valence-corrected chi connectivity index (χ4v) is 6.57. The molecule has 0 atom stereocenters. The van der Waals surface area contributed by atoms with Crippen molar-refractivity contribution in [2.75, 3.05) is 6.54 Å². The SMILES string of the molecule is CCN(C(=O)c1ccc2ccccc2c1)C12CC3CC(CC(C3)C1)C2. The molecule has 2 nitrogen and oxygen atoms in total. The molecule has 0 radical (unpaired) electrons. The molecule has 1 amide bonds. The Balaban J connectivity index is 1.50. The molecule has 0 N–H and O–H groups in total. The molecule has 0 aromatic heterocycles. The van der Waals surface area contributed by atoms with Gasteiger partial charge in [0.1, 0.15) is 0 Å². The van der Waals surface area contributed by atoms with Crippen molar-refractivity contribution in [1.29, 1.82) is 0 Å². The molecule has 0 saturated heterocycles. The maximum absolute atomic E-state index is 13.5. The molecule has 4 saturated carbocycles. The lowest BCUT2D eigenvalue weighted by Gasteiger charge is -2.60. The van der Waals surface area contributed by atoms with Crippen molar-refractivity contribution in [3.05, 3.63) is 48.0 Å². The molecule has 4 bridgehead atoms. The van der Waals surface area contributed by atoms with E-state index in [2.05, 4.69) is 42.2 Å². The Morgan fingerprint density at radius 3 is 2.16 bits per heavy atom. The van der Waals surface area contributed by atoms with Crippen molar-refractivity contribution in [2.24, 2.45) is 17.8 Å². The van der Waals surface area contributed by atoms with Crippen LogP contribution in [0.4, 0.5) is 0 Å². The van der Waals surface area contributed by atoms with E-state index in [1.165, 1.54) is 43.9 Å². The maximum Gasteiger partial charge on any atom is 0.254 e. The number of amides is 1. The van der Waals surface area contributed by atoms with Gasteiger partial charge in [-0.05, 0) is 86.1 Å². The highest BCUT2D eigenvalue weighted by molar-refractivity contribution is 5.99. The normalized spacial score (nSPS) is 32.9. The molecule has 25 heavy (non-hydrogen) atoms. The average Bonchev–Trinajstić information content (AvgIpc) is 2.60. The lowest BCUT2D eigenvalue weighted by Crippen LogP contribution is -2.61. The summed E-state index contributed by atoms with van der Waals surface area (Å²) in [5.41, 5.74) is 1.00. The monoisotopic (exact) mass is 333 g/mol. The van der Waals surface area contributed by atoms with Crippen LogP contribution >= 0.6 is 0 Å². The summed E-state index contributed by atoms with van der Waals surface area (Å²) < 4.78 is 0. The summed E-state index contributed by atoms with van der Waals surface area (Å²) in [6.45, 7) is 3.00. The van der Waals surface area contributed by atoms with Gasteiger partial charge in [-0.15, -0.1) is 0 Å². The summed E-state index contributed by atoms with van der Waals surface area (Å²) in [6, 6.07) is 14.5. The molecule has 2 heteroatoms. The van der Waals surface area contributed by atoms with Gasteiger partial charge in [-0.2, -0.15) is 0 Å². The number of rotatable bonds is 3. The van der Waals surface area contributed by atoms with Crippen molar-refractivity contribution in [2.45, 2.75) is 51.0 Å². The van der Waals surface area contributed by atoms with Gasteiger partial charge in [-0.3, -0.25) is 4.79 Å². The number of carbonyl (C=O) groups is 1. The van der Waals surface area contributed by atoms with Crippen molar-refractivity contribution in [3.8, 4) is 0 Å². The number of nitrogens with zero attached hydrogens (tertiary/aromatic N) is 1. The number of benzene rings is 2. The predicted octanol–water partition coefficient (Wildman–Crippen LogP) is 5.27. The molecule has 2 aromatic rings. The first kappa shape index (κ1) is 15.4. The zero-order valence-corrected chi connectivity index (χ0v) is 15.1.